The molecule has 0 bridgehead atoms. The monoisotopic (exact) mass is 217 g/mol. The maximum Gasteiger partial charge on any atom is 0.315 e. The summed E-state index contributed by atoms with van der Waals surface area (Å²) in [5, 5.41) is 13.0. The standard InChI is InChI=1S/C8H15N3O4/c1-5(7(9)14)11-8(15)10-4-2-3-6(12)13/h5H,2-4H2,1H3,(H2,9,14)(H,12,13)(H2,10,11,15). The van der Waals surface area contributed by atoms with Crippen LogP contribution in [0.25, 0.3) is 0 Å². The second kappa shape index (κ2) is 6.63. The van der Waals surface area contributed by atoms with Gasteiger partial charge in [-0.05, 0) is 13.3 Å². The van der Waals surface area contributed by atoms with Crippen molar-refractivity contribution < 1.29 is 19.5 Å². The number of carbonyl (C=O) groups excluding carboxylic acids is 2. The largest absolute Gasteiger partial charge is 0.481 e. The fraction of sp³-hybridized carbons (Fsp3) is 0.625. The summed E-state index contributed by atoms with van der Waals surface area (Å²) in [5.74, 6) is -1.54. The van der Waals surface area contributed by atoms with Crippen molar-refractivity contribution in [3.05, 3.63) is 0 Å². The summed E-state index contributed by atoms with van der Waals surface area (Å²) < 4.78 is 0. The van der Waals surface area contributed by atoms with Crippen LogP contribution in [0.1, 0.15) is 19.8 Å². The molecule has 0 aliphatic rings. The number of nitrogens with two attached hydrogens (primary N) is 1. The van der Waals surface area contributed by atoms with E-state index >= 15 is 0 Å². The molecule has 0 fully saturated rings. The van der Waals surface area contributed by atoms with E-state index in [0.29, 0.717) is 6.42 Å². The van der Waals surface area contributed by atoms with Gasteiger partial charge in [0.05, 0.1) is 0 Å². The van der Waals surface area contributed by atoms with Crippen molar-refractivity contribution in [2.24, 2.45) is 5.73 Å². The summed E-state index contributed by atoms with van der Waals surface area (Å²) in [6.45, 7) is 1.70. The van der Waals surface area contributed by atoms with Gasteiger partial charge in [-0.3, -0.25) is 9.59 Å². The van der Waals surface area contributed by atoms with E-state index in [1.165, 1.54) is 6.92 Å². The molecule has 0 spiro atoms. The van der Waals surface area contributed by atoms with E-state index in [-0.39, 0.29) is 13.0 Å². The fourth-order valence-corrected chi connectivity index (χ4v) is 0.760. The molecule has 7 nitrogen and oxygen atoms in total. The van der Waals surface area contributed by atoms with Crippen molar-refractivity contribution in [2.45, 2.75) is 25.8 Å². The molecule has 5 N–H and O–H groups in total. The zero-order valence-corrected chi connectivity index (χ0v) is 8.45. The molecule has 0 aromatic carbocycles. The van der Waals surface area contributed by atoms with Crippen molar-refractivity contribution in [3.8, 4) is 0 Å². The molecule has 0 aromatic heterocycles. The van der Waals surface area contributed by atoms with Gasteiger partial charge in [0.2, 0.25) is 5.91 Å². The SMILES string of the molecule is CC(NC(=O)NCCCC(=O)O)C(N)=O. The Hall–Kier alpha value is -1.79. The zero-order chi connectivity index (χ0) is 11.8. The summed E-state index contributed by atoms with van der Waals surface area (Å²) in [7, 11) is 0. The highest BCUT2D eigenvalue weighted by Crippen LogP contribution is 1.86. The van der Waals surface area contributed by atoms with Crippen LogP contribution in [0.5, 0.6) is 0 Å². The second-order valence-corrected chi connectivity index (χ2v) is 3.02. The molecular weight excluding hydrogens is 202 g/mol. The van der Waals surface area contributed by atoms with Gasteiger partial charge in [0, 0.05) is 13.0 Å². The second-order valence-electron chi connectivity index (χ2n) is 3.02. The normalized spacial score (nSPS) is 11.5. The number of aliphatic carboxylic acids is 1. The topological polar surface area (TPSA) is 122 Å². The Morgan fingerprint density at radius 3 is 2.47 bits per heavy atom. The molecule has 0 aromatic rings. The molecule has 0 saturated carbocycles. The number of hydrogen-bond donors (Lipinski definition) is 4. The van der Waals surface area contributed by atoms with Crippen molar-refractivity contribution in [1.29, 1.82) is 0 Å². The summed E-state index contributed by atoms with van der Waals surface area (Å²) >= 11 is 0. The Bertz CT molecular complexity index is 254. The summed E-state index contributed by atoms with van der Waals surface area (Å²) in [4.78, 5) is 31.7. The molecule has 0 saturated heterocycles. The molecule has 0 aliphatic heterocycles. The smallest absolute Gasteiger partial charge is 0.315 e. The number of primary amides is 1. The number of hydrogen-bond acceptors (Lipinski definition) is 3. The Balaban J connectivity index is 3.58. The van der Waals surface area contributed by atoms with Crippen LogP contribution in [-0.2, 0) is 9.59 Å². The Labute approximate surface area is 87.0 Å². The van der Waals surface area contributed by atoms with Gasteiger partial charge in [-0.1, -0.05) is 0 Å². The molecule has 3 amide bonds. The average molecular weight is 217 g/mol. The summed E-state index contributed by atoms with van der Waals surface area (Å²) in [5.41, 5.74) is 4.92. The summed E-state index contributed by atoms with van der Waals surface area (Å²) in [6, 6.07) is -1.28. The third-order valence-electron chi connectivity index (χ3n) is 1.63. The molecule has 0 radical (unpaired) electrons. The van der Waals surface area contributed by atoms with Gasteiger partial charge < -0.3 is 21.5 Å². The molecule has 1 unspecified atom stereocenters. The van der Waals surface area contributed by atoms with Crippen LogP contribution in [0.3, 0.4) is 0 Å². The van der Waals surface area contributed by atoms with Crippen LogP contribution in [0.15, 0.2) is 0 Å². The van der Waals surface area contributed by atoms with Crippen molar-refractivity contribution in [2.75, 3.05) is 6.54 Å². The molecule has 15 heavy (non-hydrogen) atoms. The molecule has 0 aliphatic carbocycles. The molecule has 7 heteroatoms. The minimum absolute atomic E-state index is 0.00828. The molecule has 86 valence electrons. The van der Waals surface area contributed by atoms with Crippen LogP contribution in [0, 0.1) is 0 Å². The Morgan fingerprint density at radius 1 is 1.40 bits per heavy atom. The number of rotatable bonds is 6. The zero-order valence-electron chi connectivity index (χ0n) is 8.45. The van der Waals surface area contributed by atoms with E-state index < -0.39 is 23.9 Å². The first kappa shape index (κ1) is 13.2. The number of carboxylic acids is 1. The van der Waals surface area contributed by atoms with Gasteiger partial charge in [0.15, 0.2) is 0 Å². The van der Waals surface area contributed by atoms with E-state index in [9.17, 15) is 14.4 Å². The molecule has 0 rings (SSSR count). The highest BCUT2D eigenvalue weighted by atomic mass is 16.4. The lowest BCUT2D eigenvalue weighted by molar-refractivity contribution is -0.137. The maximum atomic E-state index is 11.0. The lowest BCUT2D eigenvalue weighted by Crippen LogP contribution is -2.47. The van der Waals surface area contributed by atoms with E-state index in [0.717, 1.165) is 0 Å². The van der Waals surface area contributed by atoms with Crippen LogP contribution in [0.2, 0.25) is 0 Å². The minimum Gasteiger partial charge on any atom is -0.481 e. The van der Waals surface area contributed by atoms with Crippen LogP contribution in [0.4, 0.5) is 4.79 Å². The van der Waals surface area contributed by atoms with Crippen molar-refractivity contribution in [3.63, 3.8) is 0 Å². The van der Waals surface area contributed by atoms with Gasteiger partial charge in [-0.15, -0.1) is 0 Å². The van der Waals surface area contributed by atoms with Crippen molar-refractivity contribution in [1.82, 2.24) is 10.6 Å². The van der Waals surface area contributed by atoms with Crippen molar-refractivity contribution >= 4 is 17.9 Å². The first-order chi connectivity index (χ1) is 6.93. The quantitative estimate of drug-likeness (QED) is 0.427. The number of amides is 3. The van der Waals surface area contributed by atoms with Gasteiger partial charge in [0.25, 0.3) is 0 Å². The predicted molar refractivity (Wildman–Crippen MR) is 52.1 cm³/mol. The van der Waals surface area contributed by atoms with E-state index in [2.05, 4.69) is 10.6 Å². The number of carbonyl (C=O) groups is 3. The number of nitrogens with one attached hydrogen (secondary N) is 2. The highest BCUT2D eigenvalue weighted by Gasteiger charge is 2.10. The minimum atomic E-state index is -0.914. The fourth-order valence-electron chi connectivity index (χ4n) is 0.760. The highest BCUT2D eigenvalue weighted by molar-refractivity contribution is 5.85. The number of urea groups is 1. The third kappa shape index (κ3) is 7.29. The molecule has 0 heterocycles. The summed E-state index contributed by atoms with van der Waals surface area (Å²) in [6.07, 6.45) is 0.333. The van der Waals surface area contributed by atoms with Crippen LogP contribution in [-0.4, -0.2) is 35.6 Å². The lowest BCUT2D eigenvalue weighted by Gasteiger charge is -2.10. The van der Waals surface area contributed by atoms with Crippen LogP contribution >= 0.6 is 0 Å². The Kier molecular flexibility index (Phi) is 5.84. The first-order valence-electron chi connectivity index (χ1n) is 4.49. The van der Waals surface area contributed by atoms with E-state index in [1.807, 2.05) is 0 Å². The van der Waals surface area contributed by atoms with Crippen LogP contribution < -0.4 is 16.4 Å². The first-order valence-corrected chi connectivity index (χ1v) is 4.49. The van der Waals surface area contributed by atoms with Gasteiger partial charge in [-0.2, -0.15) is 0 Å². The number of carboxylic acid groups (broad SMARTS) is 1. The van der Waals surface area contributed by atoms with Gasteiger partial charge in [-0.25, -0.2) is 4.79 Å². The molecular formula is C8H15N3O4. The van der Waals surface area contributed by atoms with Gasteiger partial charge >= 0.3 is 12.0 Å². The van der Waals surface area contributed by atoms with E-state index in [4.69, 9.17) is 10.8 Å². The average Bonchev–Trinajstić information content (AvgIpc) is 2.12. The Morgan fingerprint density at radius 2 is 2.00 bits per heavy atom. The predicted octanol–water partition coefficient (Wildman–Crippen LogP) is -0.976. The maximum absolute atomic E-state index is 11.0. The van der Waals surface area contributed by atoms with Gasteiger partial charge in [0.1, 0.15) is 6.04 Å². The molecule has 1 atom stereocenters. The van der Waals surface area contributed by atoms with E-state index in [1.54, 1.807) is 0 Å². The third-order valence-corrected chi connectivity index (χ3v) is 1.63. The lowest BCUT2D eigenvalue weighted by atomic mass is 10.3.